The Kier molecular flexibility index (Phi) is 6.53. The third-order valence-electron chi connectivity index (χ3n) is 4.81. The van der Waals surface area contributed by atoms with Crippen LogP contribution in [0.15, 0.2) is 90.5 Å². The van der Waals surface area contributed by atoms with Crippen LogP contribution in [0.5, 0.6) is 11.5 Å². The van der Waals surface area contributed by atoms with Gasteiger partial charge in [0.2, 0.25) is 0 Å². The van der Waals surface area contributed by atoms with Gasteiger partial charge in [0.1, 0.15) is 22.5 Å². The highest BCUT2D eigenvalue weighted by molar-refractivity contribution is 6.31. The first-order chi connectivity index (χ1) is 16.1. The summed E-state index contributed by atoms with van der Waals surface area (Å²) in [5.74, 6) is 0.510. The molecule has 4 aromatic rings. The Hall–Kier alpha value is -4.34. The molecule has 1 amide bonds. The summed E-state index contributed by atoms with van der Waals surface area (Å²) in [6.45, 7) is 1.77. The van der Waals surface area contributed by atoms with E-state index in [0.29, 0.717) is 33.6 Å². The Morgan fingerprint density at radius 2 is 1.67 bits per heavy atom. The van der Waals surface area contributed by atoms with E-state index in [1.807, 2.05) is 66.7 Å². The standard InChI is InChI=1S/C26H19ClN4O2/c1-18-22(25(27)31(30-18)20-10-4-2-5-11-20)16-19(17-28)26(32)29-23-14-8-9-15-24(23)33-21-12-6-3-7-13-21/h2-16H,1H3,(H,29,32)/b19-16-. The number of hydrogen-bond acceptors (Lipinski definition) is 4. The number of amides is 1. The first kappa shape index (κ1) is 21.9. The lowest BCUT2D eigenvalue weighted by atomic mass is 10.1. The molecule has 4 rings (SSSR count). The van der Waals surface area contributed by atoms with Crippen LogP contribution in [0.25, 0.3) is 11.8 Å². The van der Waals surface area contributed by atoms with Gasteiger partial charge in [-0.05, 0) is 49.4 Å². The molecule has 0 radical (unpaired) electrons. The molecule has 0 bridgehead atoms. The molecule has 33 heavy (non-hydrogen) atoms. The summed E-state index contributed by atoms with van der Waals surface area (Å²) in [4.78, 5) is 12.9. The smallest absolute Gasteiger partial charge is 0.266 e. The number of halogens is 1. The van der Waals surface area contributed by atoms with Gasteiger partial charge in [-0.25, -0.2) is 4.68 Å². The van der Waals surface area contributed by atoms with Gasteiger partial charge in [-0.2, -0.15) is 10.4 Å². The van der Waals surface area contributed by atoms with E-state index in [1.165, 1.54) is 6.08 Å². The number of ether oxygens (including phenoxy) is 1. The zero-order valence-electron chi connectivity index (χ0n) is 17.7. The number of anilines is 1. The molecule has 0 fully saturated rings. The highest BCUT2D eigenvalue weighted by Crippen LogP contribution is 2.30. The minimum atomic E-state index is -0.579. The molecule has 1 aromatic heterocycles. The quantitative estimate of drug-likeness (QED) is 0.279. The van der Waals surface area contributed by atoms with Crippen molar-refractivity contribution in [2.45, 2.75) is 6.92 Å². The zero-order valence-corrected chi connectivity index (χ0v) is 18.5. The molecule has 0 spiro atoms. The number of aryl methyl sites for hydroxylation is 1. The summed E-state index contributed by atoms with van der Waals surface area (Å²) in [6, 6.07) is 27.6. The maximum Gasteiger partial charge on any atom is 0.266 e. The van der Waals surface area contributed by atoms with E-state index in [0.717, 1.165) is 5.69 Å². The number of para-hydroxylation sites is 4. The van der Waals surface area contributed by atoms with Gasteiger partial charge >= 0.3 is 0 Å². The molecule has 1 N–H and O–H groups in total. The fourth-order valence-corrected chi connectivity index (χ4v) is 3.50. The fraction of sp³-hybridized carbons (Fsp3) is 0.0385. The van der Waals surface area contributed by atoms with E-state index in [4.69, 9.17) is 16.3 Å². The monoisotopic (exact) mass is 454 g/mol. The van der Waals surface area contributed by atoms with Crippen molar-refractivity contribution >= 4 is 29.3 Å². The van der Waals surface area contributed by atoms with Crippen molar-refractivity contribution in [2.24, 2.45) is 0 Å². The third-order valence-corrected chi connectivity index (χ3v) is 5.17. The lowest BCUT2D eigenvalue weighted by Gasteiger charge is -2.12. The summed E-state index contributed by atoms with van der Waals surface area (Å²) in [5.41, 5.74) is 2.20. The topological polar surface area (TPSA) is 79.9 Å². The van der Waals surface area contributed by atoms with E-state index < -0.39 is 5.91 Å². The van der Waals surface area contributed by atoms with Crippen molar-refractivity contribution in [1.82, 2.24) is 9.78 Å². The Bertz CT molecular complexity index is 1360. The highest BCUT2D eigenvalue weighted by Gasteiger charge is 2.18. The van der Waals surface area contributed by atoms with Gasteiger partial charge in [-0.1, -0.05) is 60.1 Å². The van der Waals surface area contributed by atoms with Gasteiger partial charge in [-0.15, -0.1) is 0 Å². The van der Waals surface area contributed by atoms with Crippen LogP contribution < -0.4 is 10.1 Å². The van der Waals surface area contributed by atoms with Crippen LogP contribution in [0, 0.1) is 18.3 Å². The van der Waals surface area contributed by atoms with Crippen LogP contribution in [0.2, 0.25) is 5.15 Å². The second-order valence-corrected chi connectivity index (χ2v) is 7.43. The fourth-order valence-electron chi connectivity index (χ4n) is 3.17. The van der Waals surface area contributed by atoms with Gasteiger partial charge in [0, 0.05) is 5.56 Å². The second-order valence-electron chi connectivity index (χ2n) is 7.07. The Labute approximate surface area is 196 Å². The van der Waals surface area contributed by atoms with Crippen LogP contribution >= 0.6 is 11.6 Å². The van der Waals surface area contributed by atoms with Gasteiger partial charge in [-0.3, -0.25) is 4.79 Å². The van der Waals surface area contributed by atoms with Gasteiger partial charge in [0.05, 0.1) is 17.1 Å². The highest BCUT2D eigenvalue weighted by atomic mass is 35.5. The van der Waals surface area contributed by atoms with Gasteiger partial charge in [0.15, 0.2) is 5.75 Å². The minimum Gasteiger partial charge on any atom is -0.455 e. The van der Waals surface area contributed by atoms with Crippen molar-refractivity contribution in [1.29, 1.82) is 5.26 Å². The number of benzene rings is 3. The van der Waals surface area contributed by atoms with Gasteiger partial charge in [0.25, 0.3) is 5.91 Å². The molecular formula is C26H19ClN4O2. The molecule has 1 heterocycles. The average Bonchev–Trinajstić information content (AvgIpc) is 3.13. The SMILES string of the molecule is Cc1nn(-c2ccccc2)c(Cl)c1/C=C(/C#N)C(=O)Nc1ccccc1Oc1ccccc1. The average molecular weight is 455 g/mol. The normalized spacial score (nSPS) is 11.0. The molecule has 0 atom stereocenters. The van der Waals surface area contributed by atoms with Crippen LogP contribution in [-0.4, -0.2) is 15.7 Å². The predicted octanol–water partition coefficient (Wildman–Crippen LogP) is 6.17. The molecule has 0 aliphatic carbocycles. The molecule has 0 unspecified atom stereocenters. The maximum absolute atomic E-state index is 12.9. The van der Waals surface area contributed by atoms with Crippen molar-refractivity contribution in [2.75, 3.05) is 5.32 Å². The molecule has 0 aliphatic heterocycles. The molecule has 0 saturated heterocycles. The van der Waals surface area contributed by atoms with E-state index in [-0.39, 0.29) is 5.57 Å². The summed E-state index contributed by atoms with van der Waals surface area (Å²) in [5, 5.41) is 17.2. The third kappa shape index (κ3) is 4.95. The zero-order chi connectivity index (χ0) is 23.2. The van der Waals surface area contributed by atoms with Crippen molar-refractivity contribution < 1.29 is 9.53 Å². The van der Waals surface area contributed by atoms with E-state index >= 15 is 0 Å². The Morgan fingerprint density at radius 1 is 1.03 bits per heavy atom. The minimum absolute atomic E-state index is 0.109. The maximum atomic E-state index is 12.9. The number of nitriles is 1. The first-order valence-corrected chi connectivity index (χ1v) is 10.5. The molecule has 0 saturated carbocycles. The summed E-state index contributed by atoms with van der Waals surface area (Å²) >= 11 is 6.54. The molecule has 7 heteroatoms. The van der Waals surface area contributed by atoms with Crippen LogP contribution in [0.4, 0.5) is 5.69 Å². The summed E-state index contributed by atoms with van der Waals surface area (Å²) < 4.78 is 7.45. The molecule has 3 aromatic carbocycles. The number of nitrogens with one attached hydrogen (secondary N) is 1. The summed E-state index contributed by atoms with van der Waals surface area (Å²) in [7, 11) is 0. The summed E-state index contributed by atoms with van der Waals surface area (Å²) in [6.07, 6.45) is 1.44. The van der Waals surface area contributed by atoms with Crippen molar-refractivity contribution in [3.05, 3.63) is 107 Å². The van der Waals surface area contributed by atoms with Crippen LogP contribution in [0.1, 0.15) is 11.3 Å². The molecule has 162 valence electrons. The molecular weight excluding hydrogens is 436 g/mol. The largest absolute Gasteiger partial charge is 0.455 e. The Balaban J connectivity index is 1.61. The van der Waals surface area contributed by atoms with Crippen LogP contribution in [-0.2, 0) is 4.79 Å². The Morgan fingerprint density at radius 3 is 2.36 bits per heavy atom. The predicted molar refractivity (Wildman–Crippen MR) is 128 cm³/mol. The number of carbonyl (C=O) groups excluding carboxylic acids is 1. The molecule has 0 aliphatic rings. The number of nitrogens with zero attached hydrogens (tertiary/aromatic N) is 3. The number of carbonyl (C=O) groups is 1. The van der Waals surface area contributed by atoms with Crippen molar-refractivity contribution in [3.63, 3.8) is 0 Å². The lowest BCUT2D eigenvalue weighted by molar-refractivity contribution is -0.112. The number of hydrogen-bond donors (Lipinski definition) is 1. The van der Waals surface area contributed by atoms with E-state index in [2.05, 4.69) is 10.4 Å². The number of rotatable bonds is 6. The van der Waals surface area contributed by atoms with Crippen molar-refractivity contribution in [3.8, 4) is 23.3 Å². The van der Waals surface area contributed by atoms with Gasteiger partial charge < -0.3 is 10.1 Å². The lowest BCUT2D eigenvalue weighted by Crippen LogP contribution is -2.14. The molecule has 6 nitrogen and oxygen atoms in total. The second kappa shape index (κ2) is 9.86. The van der Waals surface area contributed by atoms with Crippen LogP contribution in [0.3, 0.4) is 0 Å². The van der Waals surface area contributed by atoms with E-state index in [1.54, 1.807) is 35.9 Å². The van der Waals surface area contributed by atoms with E-state index in [9.17, 15) is 10.1 Å². The first-order valence-electron chi connectivity index (χ1n) is 10.1. The number of aromatic nitrogens is 2.